The standard InChI is InChI=1S/C14H21Cl2NO/c1-4-5-13(17)11-6-10(15)7-12(16)14(11)18-8-9(2)3/h6-7,9,13H,4-5,8,17H2,1-3H3. The monoisotopic (exact) mass is 289 g/mol. The summed E-state index contributed by atoms with van der Waals surface area (Å²) < 4.78 is 5.78. The van der Waals surface area contributed by atoms with E-state index in [1.54, 1.807) is 6.07 Å². The molecule has 18 heavy (non-hydrogen) atoms. The van der Waals surface area contributed by atoms with E-state index in [-0.39, 0.29) is 6.04 Å². The van der Waals surface area contributed by atoms with Crippen molar-refractivity contribution >= 4 is 23.2 Å². The maximum Gasteiger partial charge on any atom is 0.142 e. The van der Waals surface area contributed by atoms with Crippen LogP contribution in [-0.4, -0.2) is 6.61 Å². The lowest BCUT2D eigenvalue weighted by Crippen LogP contribution is -2.14. The van der Waals surface area contributed by atoms with Gasteiger partial charge in [-0.1, -0.05) is 50.4 Å². The van der Waals surface area contributed by atoms with E-state index < -0.39 is 0 Å². The molecule has 0 aliphatic heterocycles. The molecule has 2 nitrogen and oxygen atoms in total. The summed E-state index contributed by atoms with van der Waals surface area (Å²) in [5.74, 6) is 1.11. The zero-order valence-electron chi connectivity index (χ0n) is 11.2. The van der Waals surface area contributed by atoms with Crippen LogP contribution in [0, 0.1) is 5.92 Å². The predicted molar refractivity (Wildman–Crippen MR) is 78.6 cm³/mol. The van der Waals surface area contributed by atoms with Crippen molar-refractivity contribution in [2.24, 2.45) is 11.7 Å². The summed E-state index contributed by atoms with van der Waals surface area (Å²) >= 11 is 12.2. The van der Waals surface area contributed by atoms with Crippen LogP contribution in [0.3, 0.4) is 0 Å². The van der Waals surface area contributed by atoms with E-state index in [4.69, 9.17) is 33.7 Å². The minimum absolute atomic E-state index is 0.0895. The predicted octanol–water partition coefficient (Wildman–Crippen LogP) is 4.83. The lowest BCUT2D eigenvalue weighted by Gasteiger charge is -2.19. The Morgan fingerprint density at radius 2 is 1.94 bits per heavy atom. The fraction of sp³-hybridized carbons (Fsp3) is 0.571. The first-order chi connectivity index (χ1) is 8.45. The van der Waals surface area contributed by atoms with E-state index in [2.05, 4.69) is 20.8 Å². The maximum atomic E-state index is 6.20. The highest BCUT2D eigenvalue weighted by molar-refractivity contribution is 6.35. The zero-order chi connectivity index (χ0) is 13.7. The van der Waals surface area contributed by atoms with Gasteiger partial charge in [-0.15, -0.1) is 0 Å². The summed E-state index contributed by atoms with van der Waals surface area (Å²) in [7, 11) is 0. The summed E-state index contributed by atoms with van der Waals surface area (Å²) in [6.07, 6.45) is 1.89. The molecule has 0 aromatic heterocycles. The van der Waals surface area contributed by atoms with Crippen LogP contribution in [0.1, 0.15) is 45.2 Å². The third kappa shape index (κ3) is 4.34. The SMILES string of the molecule is CCCC(N)c1cc(Cl)cc(Cl)c1OCC(C)C. The molecule has 4 heteroatoms. The van der Waals surface area contributed by atoms with Crippen LogP contribution in [0.2, 0.25) is 10.0 Å². The second kappa shape index (κ2) is 7.22. The third-order valence-corrected chi connectivity index (χ3v) is 3.10. The molecule has 2 N–H and O–H groups in total. The van der Waals surface area contributed by atoms with Gasteiger partial charge in [0.25, 0.3) is 0 Å². The van der Waals surface area contributed by atoms with E-state index in [9.17, 15) is 0 Å². The molecule has 1 rings (SSSR count). The zero-order valence-corrected chi connectivity index (χ0v) is 12.7. The van der Waals surface area contributed by atoms with Crippen LogP contribution in [0.25, 0.3) is 0 Å². The van der Waals surface area contributed by atoms with Gasteiger partial charge in [-0.2, -0.15) is 0 Å². The third-order valence-electron chi connectivity index (χ3n) is 2.60. The van der Waals surface area contributed by atoms with Crippen molar-refractivity contribution in [3.63, 3.8) is 0 Å². The van der Waals surface area contributed by atoms with Crippen LogP contribution in [0.15, 0.2) is 12.1 Å². The molecule has 0 spiro atoms. The van der Waals surface area contributed by atoms with Gasteiger partial charge in [0.2, 0.25) is 0 Å². The van der Waals surface area contributed by atoms with Gasteiger partial charge in [-0.05, 0) is 24.5 Å². The molecule has 0 bridgehead atoms. The van der Waals surface area contributed by atoms with Gasteiger partial charge in [-0.25, -0.2) is 0 Å². The van der Waals surface area contributed by atoms with Crippen molar-refractivity contribution in [2.75, 3.05) is 6.61 Å². The average Bonchev–Trinajstić information content (AvgIpc) is 2.26. The first-order valence-electron chi connectivity index (χ1n) is 6.33. The average molecular weight is 290 g/mol. The Labute approximate surface area is 119 Å². The highest BCUT2D eigenvalue weighted by Crippen LogP contribution is 2.36. The van der Waals surface area contributed by atoms with E-state index in [1.165, 1.54) is 0 Å². The summed E-state index contributed by atoms with van der Waals surface area (Å²) in [6.45, 7) is 6.90. The van der Waals surface area contributed by atoms with Crippen LogP contribution < -0.4 is 10.5 Å². The minimum atomic E-state index is -0.0895. The van der Waals surface area contributed by atoms with Crippen LogP contribution in [0.5, 0.6) is 5.75 Å². The molecule has 0 saturated heterocycles. The van der Waals surface area contributed by atoms with Crippen molar-refractivity contribution in [2.45, 2.75) is 39.7 Å². The smallest absolute Gasteiger partial charge is 0.142 e. The quantitative estimate of drug-likeness (QED) is 0.814. The van der Waals surface area contributed by atoms with Crippen molar-refractivity contribution in [3.8, 4) is 5.75 Å². The summed E-state index contributed by atoms with van der Waals surface area (Å²) in [5, 5.41) is 1.13. The van der Waals surface area contributed by atoms with Gasteiger partial charge in [0.15, 0.2) is 0 Å². The number of hydrogen-bond acceptors (Lipinski definition) is 2. The number of halogens is 2. The first kappa shape index (κ1) is 15.6. The molecule has 0 heterocycles. The molecule has 1 aromatic rings. The van der Waals surface area contributed by atoms with Crippen molar-refractivity contribution in [3.05, 3.63) is 27.7 Å². The molecule has 1 atom stereocenters. The van der Waals surface area contributed by atoms with Crippen LogP contribution >= 0.6 is 23.2 Å². The molecular formula is C14H21Cl2NO. The molecule has 0 aliphatic carbocycles. The normalized spacial score (nSPS) is 12.8. The molecule has 0 fully saturated rings. The summed E-state index contributed by atoms with van der Waals surface area (Å²) in [5.41, 5.74) is 7.05. The molecule has 0 aliphatic rings. The Morgan fingerprint density at radius 1 is 1.28 bits per heavy atom. The van der Waals surface area contributed by atoms with Gasteiger partial charge >= 0.3 is 0 Å². The van der Waals surface area contributed by atoms with Gasteiger partial charge in [0, 0.05) is 16.6 Å². The number of benzene rings is 1. The number of ether oxygens (including phenoxy) is 1. The van der Waals surface area contributed by atoms with E-state index >= 15 is 0 Å². The van der Waals surface area contributed by atoms with Crippen LogP contribution in [-0.2, 0) is 0 Å². The Bertz CT molecular complexity index is 394. The highest BCUT2D eigenvalue weighted by atomic mass is 35.5. The Balaban J connectivity index is 3.04. The maximum absolute atomic E-state index is 6.20. The molecular weight excluding hydrogens is 269 g/mol. The first-order valence-corrected chi connectivity index (χ1v) is 7.08. The van der Waals surface area contributed by atoms with Gasteiger partial charge in [0.1, 0.15) is 5.75 Å². The second-order valence-electron chi connectivity index (χ2n) is 4.91. The van der Waals surface area contributed by atoms with Crippen molar-refractivity contribution in [1.29, 1.82) is 0 Å². The van der Waals surface area contributed by atoms with Gasteiger partial charge in [-0.3, -0.25) is 0 Å². The van der Waals surface area contributed by atoms with Crippen molar-refractivity contribution in [1.82, 2.24) is 0 Å². The second-order valence-corrected chi connectivity index (χ2v) is 5.75. The fourth-order valence-electron chi connectivity index (χ4n) is 1.72. The molecule has 0 saturated carbocycles. The van der Waals surface area contributed by atoms with Crippen molar-refractivity contribution < 1.29 is 4.74 Å². The Hall–Kier alpha value is -0.440. The topological polar surface area (TPSA) is 35.2 Å². The van der Waals surface area contributed by atoms with E-state index in [0.717, 1.165) is 18.4 Å². The molecule has 0 amide bonds. The highest BCUT2D eigenvalue weighted by Gasteiger charge is 2.16. The van der Waals surface area contributed by atoms with Crippen LogP contribution in [0.4, 0.5) is 0 Å². The molecule has 0 radical (unpaired) electrons. The van der Waals surface area contributed by atoms with Gasteiger partial charge in [0.05, 0.1) is 11.6 Å². The Kier molecular flexibility index (Phi) is 6.27. The minimum Gasteiger partial charge on any atom is -0.491 e. The number of hydrogen-bond donors (Lipinski definition) is 1. The summed E-state index contributed by atoms with van der Waals surface area (Å²) in [4.78, 5) is 0. The molecule has 1 unspecified atom stereocenters. The van der Waals surface area contributed by atoms with E-state index in [1.807, 2.05) is 6.07 Å². The number of rotatable bonds is 6. The number of nitrogens with two attached hydrogens (primary N) is 1. The van der Waals surface area contributed by atoms with Gasteiger partial charge < -0.3 is 10.5 Å². The fourth-order valence-corrected chi connectivity index (χ4v) is 2.29. The van der Waals surface area contributed by atoms with E-state index in [0.29, 0.717) is 28.3 Å². The lowest BCUT2D eigenvalue weighted by molar-refractivity contribution is 0.267. The molecule has 1 aromatic carbocycles. The summed E-state index contributed by atoms with van der Waals surface area (Å²) in [6, 6.07) is 3.46. The largest absolute Gasteiger partial charge is 0.491 e. The Morgan fingerprint density at radius 3 is 2.50 bits per heavy atom. The lowest BCUT2D eigenvalue weighted by atomic mass is 10.0. The molecule has 102 valence electrons.